The van der Waals surface area contributed by atoms with E-state index >= 15 is 0 Å². The zero-order valence-corrected chi connectivity index (χ0v) is 12.5. The van der Waals surface area contributed by atoms with Crippen LogP contribution in [0.4, 0.5) is 0 Å². The Bertz CT molecular complexity index is 562. The molecule has 0 aliphatic carbocycles. The van der Waals surface area contributed by atoms with Crippen LogP contribution in [0.5, 0.6) is 0 Å². The molecule has 6 heteroatoms. The van der Waals surface area contributed by atoms with Crippen LogP contribution in [0.25, 0.3) is 11.3 Å². The van der Waals surface area contributed by atoms with Crippen molar-refractivity contribution in [1.29, 1.82) is 0 Å². The van der Waals surface area contributed by atoms with Crippen LogP contribution in [0.1, 0.15) is 19.4 Å². The van der Waals surface area contributed by atoms with Crippen molar-refractivity contribution in [3.8, 4) is 11.3 Å². The molecule has 1 amide bonds. The van der Waals surface area contributed by atoms with E-state index in [-0.39, 0.29) is 5.91 Å². The van der Waals surface area contributed by atoms with Crippen LogP contribution < -0.4 is 5.32 Å². The highest BCUT2D eigenvalue weighted by molar-refractivity contribution is 5.78. The standard InChI is InChI=1S/C15H21N5O/c1-3-20(4-2)14(21)11-17-9-13-10-18-19-15(13)12-6-5-7-16-8-12/h5-8,10,17H,3-4,9,11H2,1-2H3,(H,18,19). The molecule has 112 valence electrons. The van der Waals surface area contributed by atoms with E-state index in [0.29, 0.717) is 13.1 Å². The Morgan fingerprint density at radius 1 is 1.33 bits per heavy atom. The van der Waals surface area contributed by atoms with Gasteiger partial charge in [-0.1, -0.05) is 0 Å². The number of hydrogen-bond donors (Lipinski definition) is 2. The van der Waals surface area contributed by atoms with Gasteiger partial charge in [0.2, 0.25) is 5.91 Å². The summed E-state index contributed by atoms with van der Waals surface area (Å²) in [5.41, 5.74) is 2.95. The second kappa shape index (κ2) is 7.54. The maximum Gasteiger partial charge on any atom is 0.236 e. The Hall–Kier alpha value is -2.21. The predicted molar refractivity (Wildman–Crippen MR) is 81.5 cm³/mol. The molecule has 0 bridgehead atoms. The number of H-pyrrole nitrogens is 1. The fraction of sp³-hybridized carbons (Fsp3) is 0.400. The van der Waals surface area contributed by atoms with Gasteiger partial charge in [0, 0.05) is 43.2 Å². The minimum atomic E-state index is 0.117. The molecule has 21 heavy (non-hydrogen) atoms. The van der Waals surface area contributed by atoms with Crippen molar-refractivity contribution in [3.05, 3.63) is 36.3 Å². The molecule has 2 aromatic heterocycles. The lowest BCUT2D eigenvalue weighted by molar-refractivity contribution is -0.129. The molecule has 0 aliphatic rings. The molecule has 0 unspecified atom stereocenters. The number of rotatable bonds is 7. The molecule has 0 atom stereocenters. The van der Waals surface area contributed by atoms with E-state index in [1.807, 2.05) is 30.9 Å². The maximum absolute atomic E-state index is 11.9. The topological polar surface area (TPSA) is 73.9 Å². The first-order chi connectivity index (χ1) is 10.3. The predicted octanol–water partition coefficient (Wildman–Crippen LogP) is 1.43. The zero-order chi connectivity index (χ0) is 15.1. The summed E-state index contributed by atoms with van der Waals surface area (Å²) >= 11 is 0. The van der Waals surface area contributed by atoms with E-state index < -0.39 is 0 Å². The number of aromatic nitrogens is 3. The van der Waals surface area contributed by atoms with Crippen molar-refractivity contribution in [2.75, 3.05) is 19.6 Å². The average Bonchev–Trinajstić information content (AvgIpc) is 2.98. The van der Waals surface area contributed by atoms with Gasteiger partial charge in [0.15, 0.2) is 0 Å². The van der Waals surface area contributed by atoms with Crippen molar-refractivity contribution >= 4 is 5.91 Å². The lowest BCUT2D eigenvalue weighted by Gasteiger charge is -2.18. The minimum Gasteiger partial charge on any atom is -0.342 e. The third-order valence-electron chi connectivity index (χ3n) is 3.38. The Kier molecular flexibility index (Phi) is 5.45. The third kappa shape index (κ3) is 3.88. The number of carbonyl (C=O) groups is 1. The summed E-state index contributed by atoms with van der Waals surface area (Å²) in [6, 6.07) is 3.86. The SMILES string of the molecule is CCN(CC)C(=O)CNCc1cn[nH]c1-c1cccnc1. The van der Waals surface area contributed by atoms with Crippen LogP contribution in [-0.2, 0) is 11.3 Å². The number of nitrogens with zero attached hydrogens (tertiary/aromatic N) is 3. The van der Waals surface area contributed by atoms with Crippen LogP contribution in [0.2, 0.25) is 0 Å². The zero-order valence-electron chi connectivity index (χ0n) is 12.5. The van der Waals surface area contributed by atoms with Crippen LogP contribution in [0.15, 0.2) is 30.7 Å². The first kappa shape index (κ1) is 15.2. The first-order valence-electron chi connectivity index (χ1n) is 7.17. The van der Waals surface area contributed by atoms with E-state index in [9.17, 15) is 4.79 Å². The van der Waals surface area contributed by atoms with E-state index in [1.54, 1.807) is 18.6 Å². The average molecular weight is 287 g/mol. The fourth-order valence-corrected chi connectivity index (χ4v) is 2.20. The minimum absolute atomic E-state index is 0.117. The molecule has 2 rings (SSSR count). The summed E-state index contributed by atoms with van der Waals surface area (Å²) in [6.45, 7) is 6.37. The van der Waals surface area contributed by atoms with Crippen LogP contribution >= 0.6 is 0 Å². The summed E-state index contributed by atoms with van der Waals surface area (Å²) < 4.78 is 0. The molecule has 0 fully saturated rings. The number of hydrogen-bond acceptors (Lipinski definition) is 4. The van der Waals surface area contributed by atoms with Gasteiger partial charge in [0.25, 0.3) is 0 Å². The van der Waals surface area contributed by atoms with Crippen molar-refractivity contribution in [3.63, 3.8) is 0 Å². The van der Waals surface area contributed by atoms with E-state index in [0.717, 1.165) is 29.9 Å². The lowest BCUT2D eigenvalue weighted by atomic mass is 10.1. The highest BCUT2D eigenvalue weighted by Crippen LogP contribution is 2.19. The number of amides is 1. The highest BCUT2D eigenvalue weighted by Gasteiger charge is 2.11. The molecular weight excluding hydrogens is 266 g/mol. The highest BCUT2D eigenvalue weighted by atomic mass is 16.2. The maximum atomic E-state index is 11.9. The Labute approximate surface area is 124 Å². The van der Waals surface area contributed by atoms with Gasteiger partial charge in [-0.15, -0.1) is 0 Å². The Balaban J connectivity index is 1.93. The number of pyridine rings is 1. The van der Waals surface area contributed by atoms with Crippen molar-refractivity contribution < 1.29 is 4.79 Å². The molecule has 0 aromatic carbocycles. The van der Waals surface area contributed by atoms with Gasteiger partial charge in [-0.05, 0) is 26.0 Å². The first-order valence-corrected chi connectivity index (χ1v) is 7.17. The number of aromatic amines is 1. The van der Waals surface area contributed by atoms with Gasteiger partial charge in [-0.25, -0.2) is 0 Å². The van der Waals surface area contributed by atoms with Gasteiger partial charge in [0.1, 0.15) is 0 Å². The second-order valence-electron chi connectivity index (χ2n) is 4.68. The Morgan fingerprint density at radius 3 is 2.81 bits per heavy atom. The summed E-state index contributed by atoms with van der Waals surface area (Å²) in [5.74, 6) is 0.117. The molecule has 0 saturated heterocycles. The summed E-state index contributed by atoms with van der Waals surface area (Å²) in [7, 11) is 0. The molecule has 2 heterocycles. The second-order valence-corrected chi connectivity index (χ2v) is 4.68. The van der Waals surface area contributed by atoms with Crippen molar-refractivity contribution in [1.82, 2.24) is 25.4 Å². The number of nitrogens with one attached hydrogen (secondary N) is 2. The third-order valence-corrected chi connectivity index (χ3v) is 3.38. The Morgan fingerprint density at radius 2 is 2.14 bits per heavy atom. The molecule has 0 radical (unpaired) electrons. The summed E-state index contributed by atoms with van der Waals surface area (Å²) in [6.07, 6.45) is 5.30. The lowest BCUT2D eigenvalue weighted by Crippen LogP contribution is -2.37. The number of likely N-dealkylation sites (N-methyl/N-ethyl adjacent to an activating group) is 1. The molecule has 2 aromatic rings. The van der Waals surface area contributed by atoms with E-state index in [4.69, 9.17) is 0 Å². The van der Waals surface area contributed by atoms with Crippen molar-refractivity contribution in [2.24, 2.45) is 0 Å². The van der Waals surface area contributed by atoms with Crippen LogP contribution in [0, 0.1) is 0 Å². The normalized spacial score (nSPS) is 10.6. The monoisotopic (exact) mass is 287 g/mol. The fourth-order valence-electron chi connectivity index (χ4n) is 2.20. The molecule has 0 spiro atoms. The van der Waals surface area contributed by atoms with Gasteiger partial charge in [-0.3, -0.25) is 14.9 Å². The molecular formula is C15H21N5O. The van der Waals surface area contributed by atoms with Gasteiger partial charge < -0.3 is 10.2 Å². The smallest absolute Gasteiger partial charge is 0.236 e. The van der Waals surface area contributed by atoms with E-state index in [1.165, 1.54) is 0 Å². The van der Waals surface area contributed by atoms with Gasteiger partial charge in [-0.2, -0.15) is 5.10 Å². The van der Waals surface area contributed by atoms with Crippen LogP contribution in [-0.4, -0.2) is 45.6 Å². The van der Waals surface area contributed by atoms with Gasteiger partial charge >= 0.3 is 0 Å². The molecule has 6 nitrogen and oxygen atoms in total. The van der Waals surface area contributed by atoms with Crippen LogP contribution in [0.3, 0.4) is 0 Å². The molecule has 0 saturated carbocycles. The summed E-state index contributed by atoms with van der Waals surface area (Å²) in [5, 5.41) is 10.2. The summed E-state index contributed by atoms with van der Waals surface area (Å²) in [4.78, 5) is 17.8. The van der Waals surface area contributed by atoms with Gasteiger partial charge in [0.05, 0.1) is 18.4 Å². The molecule has 0 aliphatic heterocycles. The number of carbonyl (C=O) groups excluding carboxylic acids is 1. The largest absolute Gasteiger partial charge is 0.342 e. The molecule has 2 N–H and O–H groups in total. The quantitative estimate of drug-likeness (QED) is 0.808. The van der Waals surface area contributed by atoms with E-state index in [2.05, 4.69) is 20.5 Å². The van der Waals surface area contributed by atoms with Crippen molar-refractivity contribution in [2.45, 2.75) is 20.4 Å².